The van der Waals surface area contributed by atoms with Gasteiger partial charge in [0, 0.05) is 19.8 Å². The molecule has 3 aromatic rings. The number of aryl methyl sites for hydroxylation is 2. The van der Waals surface area contributed by atoms with Crippen LogP contribution in [0.4, 0.5) is 11.4 Å². The second-order valence-electron chi connectivity index (χ2n) is 7.89. The Hall–Kier alpha value is -3.65. The second kappa shape index (κ2) is 10.3. The van der Waals surface area contributed by atoms with Crippen molar-refractivity contribution in [3.05, 3.63) is 89.5 Å². The molecule has 3 aromatic carbocycles. The van der Waals surface area contributed by atoms with E-state index in [0.29, 0.717) is 5.69 Å². The molecule has 0 atom stereocenters. The predicted molar refractivity (Wildman–Crippen MR) is 133 cm³/mol. The first-order chi connectivity index (χ1) is 15.7. The van der Waals surface area contributed by atoms with E-state index in [9.17, 15) is 13.2 Å². The number of hydrogen-bond donors (Lipinski definition) is 1. The van der Waals surface area contributed by atoms with Crippen LogP contribution < -0.4 is 14.6 Å². The Kier molecular flexibility index (Phi) is 7.50. The van der Waals surface area contributed by atoms with Crippen LogP contribution in [0.1, 0.15) is 16.7 Å². The Morgan fingerprint density at radius 1 is 0.970 bits per heavy atom. The van der Waals surface area contributed by atoms with Crippen molar-refractivity contribution in [2.45, 2.75) is 18.7 Å². The smallest absolute Gasteiger partial charge is 0.264 e. The van der Waals surface area contributed by atoms with Crippen LogP contribution >= 0.6 is 0 Å². The van der Waals surface area contributed by atoms with E-state index < -0.39 is 22.5 Å². The Balaban J connectivity index is 1.83. The minimum Gasteiger partial charge on any atom is -0.378 e. The van der Waals surface area contributed by atoms with E-state index in [-0.39, 0.29) is 4.90 Å². The van der Waals surface area contributed by atoms with Gasteiger partial charge in [-0.15, -0.1) is 0 Å². The van der Waals surface area contributed by atoms with Crippen LogP contribution in [0.3, 0.4) is 0 Å². The number of hydrogen-bond acceptors (Lipinski definition) is 5. The third-order valence-electron chi connectivity index (χ3n) is 5.06. The minimum atomic E-state index is -3.96. The molecule has 172 valence electrons. The Bertz CT molecular complexity index is 1240. The predicted octanol–water partition coefficient (Wildman–Crippen LogP) is 3.72. The van der Waals surface area contributed by atoms with E-state index in [2.05, 4.69) is 10.5 Å². The van der Waals surface area contributed by atoms with E-state index in [1.807, 2.05) is 69.2 Å². The molecule has 0 spiro atoms. The van der Waals surface area contributed by atoms with Crippen molar-refractivity contribution in [1.82, 2.24) is 5.43 Å². The van der Waals surface area contributed by atoms with Gasteiger partial charge in [0.2, 0.25) is 0 Å². The molecule has 33 heavy (non-hydrogen) atoms. The van der Waals surface area contributed by atoms with Gasteiger partial charge in [0.05, 0.1) is 16.8 Å². The topological polar surface area (TPSA) is 82.1 Å². The number of rotatable bonds is 8. The van der Waals surface area contributed by atoms with Gasteiger partial charge < -0.3 is 4.90 Å². The van der Waals surface area contributed by atoms with E-state index in [1.54, 1.807) is 24.3 Å². The first-order valence-corrected chi connectivity index (χ1v) is 11.9. The monoisotopic (exact) mass is 464 g/mol. The van der Waals surface area contributed by atoms with Crippen molar-refractivity contribution >= 4 is 33.5 Å². The number of sulfonamides is 1. The number of carbonyl (C=O) groups excluding carboxylic acids is 1. The van der Waals surface area contributed by atoms with Crippen molar-refractivity contribution in [3.63, 3.8) is 0 Å². The molecule has 0 aliphatic heterocycles. The number of benzene rings is 3. The summed E-state index contributed by atoms with van der Waals surface area (Å²) in [6, 6.07) is 21.2. The highest BCUT2D eigenvalue weighted by Crippen LogP contribution is 2.27. The van der Waals surface area contributed by atoms with Crippen molar-refractivity contribution in [2.75, 3.05) is 29.8 Å². The summed E-state index contributed by atoms with van der Waals surface area (Å²) in [6.45, 7) is 3.29. The molecule has 0 radical (unpaired) electrons. The third-order valence-corrected chi connectivity index (χ3v) is 6.84. The molecule has 0 saturated carbocycles. The van der Waals surface area contributed by atoms with Gasteiger partial charge in [-0.2, -0.15) is 5.10 Å². The average molecular weight is 465 g/mol. The van der Waals surface area contributed by atoms with Gasteiger partial charge in [0.1, 0.15) is 6.54 Å². The molecule has 0 saturated heterocycles. The van der Waals surface area contributed by atoms with Crippen molar-refractivity contribution < 1.29 is 13.2 Å². The number of anilines is 2. The highest BCUT2D eigenvalue weighted by Gasteiger charge is 2.28. The van der Waals surface area contributed by atoms with Gasteiger partial charge in [-0.3, -0.25) is 9.10 Å². The summed E-state index contributed by atoms with van der Waals surface area (Å²) in [5.41, 5.74) is 6.39. The molecular formula is C25H28N4O3S. The molecule has 0 unspecified atom stereocenters. The summed E-state index contributed by atoms with van der Waals surface area (Å²) in [6.07, 6.45) is 1.52. The third kappa shape index (κ3) is 5.98. The summed E-state index contributed by atoms with van der Waals surface area (Å²) >= 11 is 0. The zero-order valence-electron chi connectivity index (χ0n) is 19.2. The fourth-order valence-corrected chi connectivity index (χ4v) is 4.71. The second-order valence-corrected chi connectivity index (χ2v) is 9.76. The molecule has 1 amide bonds. The highest BCUT2D eigenvalue weighted by molar-refractivity contribution is 7.92. The number of hydrazone groups is 1. The SMILES string of the molecule is Cc1ccc(C)c(N(CC(=O)N/N=C\c2ccc(N(C)C)cc2)S(=O)(=O)c2ccccc2)c1. The molecule has 0 bridgehead atoms. The Morgan fingerprint density at radius 2 is 1.64 bits per heavy atom. The van der Waals surface area contributed by atoms with Gasteiger partial charge >= 0.3 is 0 Å². The molecule has 0 aromatic heterocycles. The number of amides is 1. The molecule has 8 heteroatoms. The summed E-state index contributed by atoms with van der Waals surface area (Å²) in [7, 11) is -0.0568. The minimum absolute atomic E-state index is 0.114. The van der Waals surface area contributed by atoms with Gasteiger partial charge in [0.15, 0.2) is 0 Å². The van der Waals surface area contributed by atoms with E-state index in [1.165, 1.54) is 18.3 Å². The van der Waals surface area contributed by atoms with Crippen molar-refractivity contribution in [1.29, 1.82) is 0 Å². The number of nitrogens with zero attached hydrogens (tertiary/aromatic N) is 3. The lowest BCUT2D eigenvalue weighted by atomic mass is 10.1. The molecule has 1 N–H and O–H groups in total. The van der Waals surface area contributed by atoms with Crippen molar-refractivity contribution in [3.8, 4) is 0 Å². The number of nitrogens with one attached hydrogen (secondary N) is 1. The van der Waals surface area contributed by atoms with Gasteiger partial charge in [0.25, 0.3) is 15.9 Å². The maximum Gasteiger partial charge on any atom is 0.264 e. The molecule has 0 heterocycles. The van der Waals surface area contributed by atoms with Crippen LogP contribution in [-0.4, -0.2) is 41.2 Å². The Morgan fingerprint density at radius 3 is 2.27 bits per heavy atom. The molecular weight excluding hydrogens is 436 g/mol. The zero-order valence-corrected chi connectivity index (χ0v) is 20.0. The van der Waals surface area contributed by atoms with Crippen LogP contribution in [0.2, 0.25) is 0 Å². The molecule has 0 aliphatic rings. The standard InChI is InChI=1S/C25H28N4O3S/c1-19-10-11-20(2)24(16-19)29(33(31,32)23-8-6-5-7-9-23)18-25(30)27-26-17-21-12-14-22(15-13-21)28(3)4/h5-17H,18H2,1-4H3,(H,27,30)/b26-17-. The number of carbonyl (C=O) groups is 1. The van der Waals surface area contributed by atoms with Crippen LogP contribution in [0, 0.1) is 13.8 Å². The zero-order chi connectivity index (χ0) is 24.0. The lowest BCUT2D eigenvalue weighted by molar-refractivity contribution is -0.119. The Labute approximate surface area is 195 Å². The maximum atomic E-state index is 13.4. The summed E-state index contributed by atoms with van der Waals surface area (Å²) in [5, 5.41) is 4.00. The molecule has 0 fully saturated rings. The molecule has 7 nitrogen and oxygen atoms in total. The lowest BCUT2D eigenvalue weighted by Gasteiger charge is -2.25. The van der Waals surface area contributed by atoms with Crippen LogP contribution in [0.5, 0.6) is 0 Å². The molecule has 0 aliphatic carbocycles. The average Bonchev–Trinajstić information content (AvgIpc) is 2.80. The van der Waals surface area contributed by atoms with E-state index >= 15 is 0 Å². The van der Waals surface area contributed by atoms with Crippen LogP contribution in [0.15, 0.2) is 82.8 Å². The fraction of sp³-hybridized carbons (Fsp3) is 0.200. The van der Waals surface area contributed by atoms with Crippen LogP contribution in [-0.2, 0) is 14.8 Å². The van der Waals surface area contributed by atoms with Gasteiger partial charge in [-0.1, -0.05) is 42.5 Å². The lowest BCUT2D eigenvalue weighted by Crippen LogP contribution is -2.40. The summed E-state index contributed by atoms with van der Waals surface area (Å²) in [4.78, 5) is 14.8. The first kappa shape index (κ1) is 24.0. The normalized spacial score (nSPS) is 11.4. The van der Waals surface area contributed by atoms with Crippen LogP contribution in [0.25, 0.3) is 0 Å². The van der Waals surface area contributed by atoms with E-state index in [0.717, 1.165) is 26.7 Å². The largest absolute Gasteiger partial charge is 0.378 e. The quantitative estimate of drug-likeness (QED) is 0.407. The van der Waals surface area contributed by atoms with Crippen molar-refractivity contribution in [2.24, 2.45) is 5.10 Å². The molecule has 3 rings (SSSR count). The van der Waals surface area contributed by atoms with E-state index in [4.69, 9.17) is 0 Å². The first-order valence-electron chi connectivity index (χ1n) is 10.4. The summed E-state index contributed by atoms with van der Waals surface area (Å²) in [5.74, 6) is -0.545. The fourth-order valence-electron chi connectivity index (χ4n) is 3.21. The van der Waals surface area contributed by atoms with Gasteiger partial charge in [-0.25, -0.2) is 13.8 Å². The maximum absolute atomic E-state index is 13.4. The van der Waals surface area contributed by atoms with Gasteiger partial charge in [-0.05, 0) is 60.9 Å². The summed E-state index contributed by atoms with van der Waals surface area (Å²) < 4.78 is 28.0. The highest BCUT2D eigenvalue weighted by atomic mass is 32.2.